The number of carbonyl (C=O) groups is 1. The molecule has 0 spiro atoms. The predicted octanol–water partition coefficient (Wildman–Crippen LogP) is -0.481. The van der Waals surface area contributed by atoms with E-state index in [1.165, 1.54) is 0 Å². The van der Waals surface area contributed by atoms with E-state index in [1.54, 1.807) is 0 Å². The van der Waals surface area contributed by atoms with E-state index in [9.17, 15) is 4.79 Å². The third kappa shape index (κ3) is 0.496. The first kappa shape index (κ1) is 6.07. The van der Waals surface area contributed by atoms with E-state index in [1.807, 2.05) is 6.08 Å². The van der Waals surface area contributed by atoms with Gasteiger partial charge in [-0.3, -0.25) is 4.79 Å². The molecule has 54 valence electrons. The summed E-state index contributed by atoms with van der Waals surface area (Å²) in [6.45, 7) is 0. The maximum atomic E-state index is 11.2. The maximum absolute atomic E-state index is 11.2. The van der Waals surface area contributed by atoms with Crippen molar-refractivity contribution >= 4 is 5.78 Å². The van der Waals surface area contributed by atoms with Gasteiger partial charge >= 0.3 is 0 Å². The second-order valence-corrected chi connectivity index (χ2v) is 3.13. The molecule has 1 fully saturated rings. The highest BCUT2D eigenvalue weighted by Crippen LogP contribution is 2.39. The van der Waals surface area contributed by atoms with Crippen molar-refractivity contribution in [2.45, 2.75) is 18.5 Å². The molecule has 0 aromatic rings. The van der Waals surface area contributed by atoms with Crippen LogP contribution in [-0.2, 0) is 4.79 Å². The highest BCUT2D eigenvalue weighted by Gasteiger charge is 2.49. The van der Waals surface area contributed by atoms with Gasteiger partial charge in [0.1, 0.15) is 5.66 Å². The molecule has 0 heterocycles. The summed E-state index contributed by atoms with van der Waals surface area (Å²) >= 11 is 0. The number of rotatable bonds is 0. The quantitative estimate of drug-likeness (QED) is 0.444. The Hall–Kier alpha value is -0.670. The van der Waals surface area contributed by atoms with Crippen LogP contribution >= 0.6 is 0 Å². The monoisotopic (exact) mass is 138 g/mol. The summed E-state index contributed by atoms with van der Waals surface area (Å²) in [5.74, 6) is 0.124. The highest BCUT2D eigenvalue weighted by atomic mass is 16.1. The summed E-state index contributed by atoms with van der Waals surface area (Å²) < 4.78 is 0. The molecule has 2 rings (SSSR count). The Labute approximate surface area is 59.1 Å². The van der Waals surface area contributed by atoms with Crippen LogP contribution in [0.2, 0.25) is 0 Å². The van der Waals surface area contributed by atoms with Gasteiger partial charge in [0.2, 0.25) is 0 Å². The Morgan fingerprint density at radius 3 is 2.60 bits per heavy atom. The van der Waals surface area contributed by atoms with Gasteiger partial charge in [-0.05, 0) is 18.4 Å². The number of ketones is 1. The Bertz CT molecular complexity index is 230. The summed E-state index contributed by atoms with van der Waals surface area (Å²) in [6.07, 6.45) is 3.63. The molecule has 3 heteroatoms. The second-order valence-electron chi connectivity index (χ2n) is 3.13. The molecular formula is C7H10N2O. The van der Waals surface area contributed by atoms with Crippen LogP contribution < -0.4 is 11.5 Å². The number of Topliss-reactive ketones (excluding diaryl/α,β-unsaturated/α-hetero) is 1. The van der Waals surface area contributed by atoms with Gasteiger partial charge in [-0.1, -0.05) is 6.08 Å². The zero-order chi connectivity index (χ0) is 7.35. The first-order chi connectivity index (χ1) is 4.62. The summed E-state index contributed by atoms with van der Waals surface area (Å²) in [4.78, 5) is 11.2. The van der Waals surface area contributed by atoms with Crippen molar-refractivity contribution in [3.63, 3.8) is 0 Å². The molecule has 0 aromatic heterocycles. The first-order valence-electron chi connectivity index (χ1n) is 3.44. The smallest absolute Gasteiger partial charge is 0.193 e. The fourth-order valence-electron chi connectivity index (χ4n) is 1.73. The van der Waals surface area contributed by atoms with Crippen LogP contribution in [0.4, 0.5) is 0 Å². The lowest BCUT2D eigenvalue weighted by molar-refractivity contribution is -0.120. The first-order valence-corrected chi connectivity index (χ1v) is 3.44. The molecule has 0 aromatic carbocycles. The van der Waals surface area contributed by atoms with Crippen molar-refractivity contribution in [1.82, 2.24) is 0 Å². The standard InChI is InChI=1S/C7H10N2O/c8-7(9)5-2-1-4(3-5)6(7)10/h1,5H,2-3,8-9H2. The van der Waals surface area contributed by atoms with Crippen LogP contribution in [-0.4, -0.2) is 11.4 Å². The van der Waals surface area contributed by atoms with Gasteiger partial charge in [-0.2, -0.15) is 0 Å². The summed E-state index contributed by atoms with van der Waals surface area (Å²) in [5, 5.41) is 0. The Balaban J connectivity index is 2.46. The number of nitrogens with two attached hydrogens (primary N) is 2. The summed E-state index contributed by atoms with van der Waals surface area (Å²) in [6, 6.07) is 0. The minimum atomic E-state index is -1.04. The van der Waals surface area contributed by atoms with Crippen LogP contribution in [0.25, 0.3) is 0 Å². The van der Waals surface area contributed by atoms with Crippen LogP contribution in [0.3, 0.4) is 0 Å². The lowest BCUT2D eigenvalue weighted by atomic mass is 9.93. The van der Waals surface area contributed by atoms with Gasteiger partial charge in [0.05, 0.1) is 0 Å². The van der Waals surface area contributed by atoms with E-state index in [2.05, 4.69) is 0 Å². The Morgan fingerprint density at radius 1 is 1.60 bits per heavy atom. The van der Waals surface area contributed by atoms with Crippen molar-refractivity contribution in [1.29, 1.82) is 0 Å². The number of fused-ring (bicyclic) bond motifs is 2. The molecule has 4 N–H and O–H groups in total. The minimum absolute atomic E-state index is 0.0521. The van der Waals surface area contributed by atoms with E-state index in [0.29, 0.717) is 0 Å². The molecule has 3 nitrogen and oxygen atoms in total. The molecule has 1 unspecified atom stereocenters. The van der Waals surface area contributed by atoms with Gasteiger partial charge in [0.25, 0.3) is 0 Å². The maximum Gasteiger partial charge on any atom is 0.193 e. The lowest BCUT2D eigenvalue weighted by Gasteiger charge is -2.24. The van der Waals surface area contributed by atoms with Crippen LogP contribution in [0.5, 0.6) is 0 Å². The number of allylic oxidation sites excluding steroid dienone is 1. The van der Waals surface area contributed by atoms with Gasteiger partial charge in [-0.15, -0.1) is 0 Å². The molecule has 2 aliphatic rings. The lowest BCUT2D eigenvalue weighted by Crippen LogP contribution is -2.58. The summed E-state index contributed by atoms with van der Waals surface area (Å²) in [7, 11) is 0. The molecule has 1 saturated carbocycles. The average molecular weight is 138 g/mol. The van der Waals surface area contributed by atoms with Crippen molar-refractivity contribution in [2.75, 3.05) is 0 Å². The Morgan fingerprint density at radius 2 is 2.30 bits per heavy atom. The second kappa shape index (κ2) is 1.49. The Kier molecular flexibility index (Phi) is 0.904. The largest absolute Gasteiger partial charge is 0.307 e. The van der Waals surface area contributed by atoms with Crippen LogP contribution in [0.1, 0.15) is 12.8 Å². The van der Waals surface area contributed by atoms with Crippen LogP contribution in [0, 0.1) is 5.92 Å². The SMILES string of the molecule is NC1(N)C(=O)C2=CCC1C2. The molecular weight excluding hydrogens is 128 g/mol. The molecule has 1 atom stereocenters. The fourth-order valence-corrected chi connectivity index (χ4v) is 1.73. The van der Waals surface area contributed by atoms with Gasteiger partial charge in [0, 0.05) is 5.92 Å². The predicted molar refractivity (Wildman–Crippen MR) is 36.9 cm³/mol. The van der Waals surface area contributed by atoms with E-state index >= 15 is 0 Å². The molecule has 0 radical (unpaired) electrons. The molecule has 2 bridgehead atoms. The number of hydrogen-bond acceptors (Lipinski definition) is 3. The zero-order valence-electron chi connectivity index (χ0n) is 5.63. The van der Waals surface area contributed by atoms with Crippen molar-refractivity contribution in [3.8, 4) is 0 Å². The van der Waals surface area contributed by atoms with Crippen molar-refractivity contribution < 1.29 is 4.79 Å². The summed E-state index contributed by atoms with van der Waals surface area (Å²) in [5.41, 5.74) is 11.0. The fraction of sp³-hybridized carbons (Fsp3) is 0.571. The third-order valence-electron chi connectivity index (χ3n) is 2.48. The average Bonchev–Trinajstić information content (AvgIpc) is 2.37. The van der Waals surface area contributed by atoms with Crippen molar-refractivity contribution in [2.24, 2.45) is 17.4 Å². The topological polar surface area (TPSA) is 69.1 Å². The molecule has 2 aliphatic carbocycles. The minimum Gasteiger partial charge on any atom is -0.307 e. The van der Waals surface area contributed by atoms with Gasteiger partial charge < -0.3 is 11.5 Å². The number of carbonyl (C=O) groups excluding carboxylic acids is 1. The normalized spacial score (nSPS) is 34.8. The molecule has 0 saturated heterocycles. The van der Waals surface area contributed by atoms with Gasteiger partial charge in [0.15, 0.2) is 5.78 Å². The highest BCUT2D eigenvalue weighted by molar-refractivity contribution is 6.05. The number of hydrogen-bond donors (Lipinski definition) is 2. The molecule has 0 amide bonds. The molecule has 0 aliphatic heterocycles. The van der Waals surface area contributed by atoms with Crippen LogP contribution in [0.15, 0.2) is 11.6 Å². The van der Waals surface area contributed by atoms with E-state index in [0.717, 1.165) is 18.4 Å². The van der Waals surface area contributed by atoms with E-state index < -0.39 is 5.66 Å². The van der Waals surface area contributed by atoms with E-state index in [4.69, 9.17) is 11.5 Å². The van der Waals surface area contributed by atoms with Crippen molar-refractivity contribution in [3.05, 3.63) is 11.6 Å². The zero-order valence-corrected chi connectivity index (χ0v) is 5.63. The molecule has 10 heavy (non-hydrogen) atoms. The van der Waals surface area contributed by atoms with E-state index in [-0.39, 0.29) is 11.7 Å². The third-order valence-corrected chi connectivity index (χ3v) is 2.48. The van der Waals surface area contributed by atoms with Gasteiger partial charge in [-0.25, -0.2) is 0 Å².